The number of carbonyl (C=O) groups excluding carboxylic acids is 1. The van der Waals surface area contributed by atoms with Crippen LogP contribution in [0.5, 0.6) is 6.01 Å². The molecule has 1 aromatic carbocycles. The highest BCUT2D eigenvalue weighted by atomic mass is 35.5. The van der Waals surface area contributed by atoms with Gasteiger partial charge in [0, 0.05) is 12.1 Å². The Morgan fingerprint density at radius 3 is 2.72 bits per heavy atom. The standard InChI is InChI=1S/C19H20ClN3O2/c1-14(10-15-6-3-2-4-7-15)18(24)23-9-5-8-17(13-23)25-19-21-11-16(20)12-22-19/h2-4,6-7,10-12,17H,5,8-9,13H2,1H3/b14-10+. The fourth-order valence-corrected chi connectivity index (χ4v) is 2.94. The molecule has 1 unspecified atom stereocenters. The summed E-state index contributed by atoms with van der Waals surface area (Å²) in [5.41, 5.74) is 1.74. The van der Waals surface area contributed by atoms with E-state index in [9.17, 15) is 4.79 Å². The molecule has 1 aromatic heterocycles. The molecular formula is C19H20ClN3O2. The van der Waals surface area contributed by atoms with E-state index < -0.39 is 0 Å². The number of piperidine rings is 1. The van der Waals surface area contributed by atoms with E-state index in [1.54, 1.807) is 0 Å². The number of nitrogens with zero attached hydrogens (tertiary/aromatic N) is 3. The quantitative estimate of drug-likeness (QED) is 0.784. The molecule has 0 spiro atoms. The zero-order valence-electron chi connectivity index (χ0n) is 14.1. The molecule has 2 heterocycles. The maximum absolute atomic E-state index is 12.7. The summed E-state index contributed by atoms with van der Waals surface area (Å²) in [6.45, 7) is 3.12. The van der Waals surface area contributed by atoms with E-state index in [0.29, 0.717) is 17.6 Å². The summed E-state index contributed by atoms with van der Waals surface area (Å²) < 4.78 is 5.79. The van der Waals surface area contributed by atoms with E-state index in [1.807, 2.05) is 48.2 Å². The molecule has 1 saturated heterocycles. The topological polar surface area (TPSA) is 55.3 Å². The minimum atomic E-state index is -0.108. The molecular weight excluding hydrogens is 338 g/mol. The van der Waals surface area contributed by atoms with E-state index >= 15 is 0 Å². The van der Waals surface area contributed by atoms with Gasteiger partial charge in [0.05, 0.1) is 24.0 Å². The summed E-state index contributed by atoms with van der Waals surface area (Å²) >= 11 is 5.78. The molecule has 6 heteroatoms. The maximum Gasteiger partial charge on any atom is 0.316 e. The van der Waals surface area contributed by atoms with Gasteiger partial charge < -0.3 is 9.64 Å². The molecule has 1 fully saturated rings. The Labute approximate surface area is 152 Å². The van der Waals surface area contributed by atoms with Crippen LogP contribution in [-0.2, 0) is 4.79 Å². The molecule has 0 aliphatic carbocycles. The Kier molecular flexibility index (Phi) is 5.66. The van der Waals surface area contributed by atoms with Gasteiger partial charge >= 0.3 is 6.01 Å². The number of halogens is 1. The number of hydrogen-bond donors (Lipinski definition) is 0. The second kappa shape index (κ2) is 8.12. The van der Waals surface area contributed by atoms with Crippen LogP contribution in [0.2, 0.25) is 5.02 Å². The number of ether oxygens (including phenoxy) is 1. The number of hydrogen-bond acceptors (Lipinski definition) is 4. The van der Waals surface area contributed by atoms with Crippen LogP contribution in [0.3, 0.4) is 0 Å². The predicted molar refractivity (Wildman–Crippen MR) is 97.4 cm³/mol. The lowest BCUT2D eigenvalue weighted by Crippen LogP contribution is -2.44. The highest BCUT2D eigenvalue weighted by Gasteiger charge is 2.26. The van der Waals surface area contributed by atoms with Crippen molar-refractivity contribution in [2.75, 3.05) is 13.1 Å². The van der Waals surface area contributed by atoms with Gasteiger partial charge in [-0.15, -0.1) is 0 Å². The average Bonchev–Trinajstić information content (AvgIpc) is 2.64. The first-order valence-electron chi connectivity index (χ1n) is 8.28. The Hall–Kier alpha value is -2.40. The van der Waals surface area contributed by atoms with Gasteiger partial charge in [-0.2, -0.15) is 0 Å². The Balaban J connectivity index is 1.63. The van der Waals surface area contributed by atoms with Crippen LogP contribution in [0, 0.1) is 0 Å². The van der Waals surface area contributed by atoms with Gasteiger partial charge in [0.15, 0.2) is 0 Å². The molecule has 2 aromatic rings. The van der Waals surface area contributed by atoms with E-state index in [0.717, 1.165) is 30.5 Å². The number of aromatic nitrogens is 2. The summed E-state index contributed by atoms with van der Waals surface area (Å²) in [7, 11) is 0. The third kappa shape index (κ3) is 4.79. The number of carbonyl (C=O) groups is 1. The van der Waals surface area contributed by atoms with Crippen LogP contribution in [-0.4, -0.2) is 40.0 Å². The minimum absolute atomic E-state index is 0.0363. The predicted octanol–water partition coefficient (Wildman–Crippen LogP) is 3.60. The zero-order valence-corrected chi connectivity index (χ0v) is 14.8. The Bertz CT molecular complexity index is 747. The van der Waals surface area contributed by atoms with Crippen LogP contribution < -0.4 is 4.74 Å². The third-order valence-corrected chi connectivity index (χ3v) is 4.25. The van der Waals surface area contributed by atoms with Gasteiger partial charge in [-0.3, -0.25) is 4.79 Å². The van der Waals surface area contributed by atoms with Crippen molar-refractivity contribution in [1.29, 1.82) is 0 Å². The molecule has 5 nitrogen and oxygen atoms in total. The molecule has 1 aliphatic heterocycles. The van der Waals surface area contributed by atoms with Crippen LogP contribution in [0.1, 0.15) is 25.3 Å². The lowest BCUT2D eigenvalue weighted by atomic mass is 10.1. The Morgan fingerprint density at radius 1 is 1.28 bits per heavy atom. The van der Waals surface area contributed by atoms with E-state index in [4.69, 9.17) is 16.3 Å². The summed E-state index contributed by atoms with van der Waals surface area (Å²) in [5, 5.41) is 0.467. The molecule has 0 bridgehead atoms. The number of rotatable bonds is 4. The monoisotopic (exact) mass is 357 g/mol. The second-order valence-corrected chi connectivity index (χ2v) is 6.49. The van der Waals surface area contributed by atoms with E-state index in [1.165, 1.54) is 12.4 Å². The van der Waals surface area contributed by atoms with Crippen molar-refractivity contribution in [2.24, 2.45) is 0 Å². The van der Waals surface area contributed by atoms with Crippen molar-refractivity contribution in [2.45, 2.75) is 25.9 Å². The van der Waals surface area contributed by atoms with Gasteiger partial charge in [-0.05, 0) is 31.4 Å². The fourth-order valence-electron chi connectivity index (χ4n) is 2.84. The first kappa shape index (κ1) is 17.4. The fraction of sp³-hybridized carbons (Fsp3) is 0.316. The van der Waals surface area contributed by atoms with Crippen LogP contribution in [0.25, 0.3) is 6.08 Å². The van der Waals surface area contributed by atoms with Crippen molar-refractivity contribution in [3.05, 3.63) is 58.9 Å². The third-order valence-electron chi connectivity index (χ3n) is 4.05. The van der Waals surface area contributed by atoms with Crippen LogP contribution in [0.15, 0.2) is 48.3 Å². The van der Waals surface area contributed by atoms with E-state index in [2.05, 4.69) is 9.97 Å². The molecule has 1 aliphatic rings. The molecule has 25 heavy (non-hydrogen) atoms. The number of likely N-dealkylation sites (tertiary alicyclic amines) is 1. The van der Waals surface area contributed by atoms with Crippen LogP contribution >= 0.6 is 11.6 Å². The summed E-state index contributed by atoms with van der Waals surface area (Å²) in [6, 6.07) is 10.1. The summed E-state index contributed by atoms with van der Waals surface area (Å²) in [6.07, 6.45) is 6.57. The number of amides is 1. The molecule has 130 valence electrons. The van der Waals surface area contributed by atoms with Gasteiger partial charge in [0.2, 0.25) is 5.91 Å². The maximum atomic E-state index is 12.7. The Morgan fingerprint density at radius 2 is 2.00 bits per heavy atom. The first-order chi connectivity index (χ1) is 12.1. The zero-order chi connectivity index (χ0) is 17.6. The first-order valence-corrected chi connectivity index (χ1v) is 8.66. The lowest BCUT2D eigenvalue weighted by Gasteiger charge is -2.32. The molecule has 3 rings (SSSR count). The van der Waals surface area contributed by atoms with Crippen LogP contribution in [0.4, 0.5) is 0 Å². The van der Waals surface area contributed by atoms with E-state index in [-0.39, 0.29) is 12.0 Å². The second-order valence-electron chi connectivity index (χ2n) is 6.06. The highest BCUT2D eigenvalue weighted by molar-refractivity contribution is 6.30. The molecule has 1 atom stereocenters. The van der Waals surface area contributed by atoms with Gasteiger partial charge in [-0.25, -0.2) is 9.97 Å². The van der Waals surface area contributed by atoms with Gasteiger partial charge in [-0.1, -0.05) is 41.9 Å². The molecule has 0 radical (unpaired) electrons. The SMILES string of the molecule is C/C(=C\c1ccccc1)C(=O)N1CCCC(Oc2ncc(Cl)cn2)C1. The minimum Gasteiger partial charge on any atom is -0.458 e. The van der Waals surface area contributed by atoms with Crippen molar-refractivity contribution in [1.82, 2.24) is 14.9 Å². The normalized spacial score (nSPS) is 18.1. The lowest BCUT2D eigenvalue weighted by molar-refractivity contribution is -0.129. The smallest absolute Gasteiger partial charge is 0.316 e. The van der Waals surface area contributed by atoms with Crippen molar-refractivity contribution in [3.63, 3.8) is 0 Å². The van der Waals surface area contributed by atoms with Gasteiger partial charge in [0.1, 0.15) is 6.10 Å². The molecule has 0 N–H and O–H groups in total. The molecule has 1 amide bonds. The largest absolute Gasteiger partial charge is 0.458 e. The van der Waals surface area contributed by atoms with Crippen molar-refractivity contribution < 1.29 is 9.53 Å². The molecule has 0 saturated carbocycles. The van der Waals surface area contributed by atoms with Gasteiger partial charge in [0.25, 0.3) is 0 Å². The summed E-state index contributed by atoms with van der Waals surface area (Å²) in [5.74, 6) is 0.0363. The average molecular weight is 358 g/mol. The summed E-state index contributed by atoms with van der Waals surface area (Å²) in [4.78, 5) is 22.6. The highest BCUT2D eigenvalue weighted by Crippen LogP contribution is 2.18. The van der Waals surface area contributed by atoms with Crippen molar-refractivity contribution >= 4 is 23.6 Å². The number of benzene rings is 1. The van der Waals surface area contributed by atoms with Crippen molar-refractivity contribution in [3.8, 4) is 6.01 Å².